The van der Waals surface area contributed by atoms with Gasteiger partial charge in [-0.3, -0.25) is 4.90 Å². The fourth-order valence-corrected chi connectivity index (χ4v) is 2.75. The van der Waals surface area contributed by atoms with E-state index in [9.17, 15) is 13.2 Å². The Balaban J connectivity index is 1.81. The van der Waals surface area contributed by atoms with Crippen molar-refractivity contribution in [1.29, 1.82) is 0 Å². The highest BCUT2D eigenvalue weighted by atomic mass is 32.1. The van der Waals surface area contributed by atoms with E-state index in [0.29, 0.717) is 30.6 Å². The number of ether oxygens (including phenoxy) is 1. The van der Waals surface area contributed by atoms with Crippen molar-refractivity contribution in [3.05, 3.63) is 23.9 Å². The Morgan fingerprint density at radius 3 is 2.54 bits per heavy atom. The zero-order chi connectivity index (χ0) is 17.6. The number of hydrogen-bond donors (Lipinski definition) is 1. The molecule has 1 fully saturated rings. The molecule has 0 aromatic carbocycles. The van der Waals surface area contributed by atoms with Crippen LogP contribution < -0.4 is 15.2 Å². The Labute approximate surface area is 144 Å². The van der Waals surface area contributed by atoms with Crippen LogP contribution in [0.1, 0.15) is 12.0 Å². The molecule has 0 spiro atoms. The van der Waals surface area contributed by atoms with Gasteiger partial charge in [-0.25, -0.2) is 4.98 Å². The van der Waals surface area contributed by atoms with E-state index in [-0.39, 0.29) is 0 Å². The van der Waals surface area contributed by atoms with E-state index < -0.39 is 11.7 Å². The monoisotopic (exact) mass is 363 g/mol. The maximum Gasteiger partial charge on any atom is 0.419 e. The number of anilines is 1. The first kappa shape index (κ1) is 18.7. The summed E-state index contributed by atoms with van der Waals surface area (Å²) in [5.74, 6) is 0.682. The Morgan fingerprint density at radius 2 is 2.00 bits per heavy atom. The predicted octanol–water partition coefficient (Wildman–Crippen LogP) is 1.55. The third-order valence-corrected chi connectivity index (χ3v) is 4.24. The number of piperazine rings is 1. The highest BCUT2D eigenvalue weighted by Crippen LogP contribution is 2.28. The van der Waals surface area contributed by atoms with Gasteiger partial charge in [0.1, 0.15) is 19.3 Å². The topological polar surface area (TPSA) is 41.9 Å². The minimum atomic E-state index is -4.32. The molecule has 0 atom stereocenters. The first-order valence-corrected chi connectivity index (χ1v) is 8.18. The van der Waals surface area contributed by atoms with Crippen molar-refractivity contribution < 1.29 is 22.9 Å². The number of nitrogens with zero attached hydrogens (tertiary/aromatic N) is 2. The van der Waals surface area contributed by atoms with Crippen molar-refractivity contribution in [3.8, 4) is 0 Å². The van der Waals surface area contributed by atoms with E-state index in [2.05, 4.69) is 15.2 Å². The van der Waals surface area contributed by atoms with Crippen LogP contribution in [0.3, 0.4) is 0 Å². The van der Waals surface area contributed by atoms with E-state index in [1.165, 1.54) is 6.07 Å². The lowest BCUT2D eigenvalue weighted by molar-refractivity contribution is -0.367. The second-order valence-corrected chi connectivity index (χ2v) is 5.90. The van der Waals surface area contributed by atoms with E-state index in [4.69, 9.17) is 17.0 Å². The maximum absolute atomic E-state index is 12.6. The lowest BCUT2D eigenvalue weighted by Crippen LogP contribution is -2.52. The zero-order valence-electron chi connectivity index (χ0n) is 13.5. The average molecular weight is 363 g/mol. The standard InChI is InChI=1S/C15H21F3N4OS/c1-23-10-2-5-19-14(24)22-8-6-21(7-9-22)13-4-3-12(11-20-13)15(16,17)18/h3-4,11H,2,5-10H2,1H3,(H,19,24)/p+1. The largest absolute Gasteiger partial charge is 0.419 e. The number of thiocarbonyl (C=S) groups is 1. The van der Waals surface area contributed by atoms with Crippen LogP contribution in [0.25, 0.3) is 0 Å². The summed E-state index contributed by atoms with van der Waals surface area (Å²) < 4.78 is 42.7. The van der Waals surface area contributed by atoms with Crippen LogP contribution in [0.2, 0.25) is 0 Å². The van der Waals surface area contributed by atoms with Crippen LogP contribution in [-0.4, -0.2) is 56.5 Å². The van der Waals surface area contributed by atoms with Crippen LogP contribution in [0.5, 0.6) is 0 Å². The van der Waals surface area contributed by atoms with Gasteiger partial charge in [-0.05, 0) is 24.7 Å². The van der Waals surface area contributed by atoms with Gasteiger partial charge < -0.3 is 15.0 Å². The summed E-state index contributed by atoms with van der Waals surface area (Å²) in [5.41, 5.74) is -0.675. The SMILES string of the molecule is COCCCNC(=S)N1CCN(c2ccc(C(F)(F)F)c[nH+]2)CC1. The predicted molar refractivity (Wildman–Crippen MR) is 88.9 cm³/mol. The Bertz CT molecular complexity index is 531. The summed E-state index contributed by atoms with van der Waals surface area (Å²) in [6.45, 7) is 4.30. The van der Waals surface area contributed by atoms with Crippen LogP contribution in [0.4, 0.5) is 19.0 Å². The van der Waals surface area contributed by atoms with Crippen LogP contribution in [0, 0.1) is 0 Å². The number of halogens is 3. The van der Waals surface area contributed by atoms with Crippen LogP contribution >= 0.6 is 12.2 Å². The Kier molecular flexibility index (Phi) is 6.61. The summed E-state index contributed by atoms with van der Waals surface area (Å²) >= 11 is 5.36. The molecule has 9 heteroatoms. The summed E-state index contributed by atoms with van der Waals surface area (Å²) in [7, 11) is 1.66. The third kappa shape index (κ3) is 5.20. The highest BCUT2D eigenvalue weighted by molar-refractivity contribution is 7.80. The number of methoxy groups -OCH3 is 1. The molecule has 5 nitrogen and oxygen atoms in total. The molecule has 1 aliphatic heterocycles. The van der Waals surface area contributed by atoms with Gasteiger partial charge in [-0.1, -0.05) is 0 Å². The molecule has 0 aliphatic carbocycles. The molecule has 1 aromatic heterocycles. The first-order valence-electron chi connectivity index (χ1n) is 7.77. The minimum absolute atomic E-state index is 0.675. The molecule has 1 saturated heterocycles. The van der Waals surface area contributed by atoms with E-state index in [0.717, 1.165) is 38.3 Å². The van der Waals surface area contributed by atoms with Crippen molar-refractivity contribution in [3.63, 3.8) is 0 Å². The molecular formula is C15H22F3N4OS+. The van der Waals surface area contributed by atoms with Crippen LogP contribution in [-0.2, 0) is 10.9 Å². The van der Waals surface area contributed by atoms with Gasteiger partial charge in [0.15, 0.2) is 5.11 Å². The molecule has 0 radical (unpaired) electrons. The Hall–Kier alpha value is -1.61. The molecule has 0 saturated carbocycles. The van der Waals surface area contributed by atoms with Gasteiger partial charge in [-0.2, -0.15) is 13.2 Å². The second kappa shape index (κ2) is 8.48. The van der Waals surface area contributed by atoms with Gasteiger partial charge in [0.2, 0.25) is 0 Å². The average Bonchev–Trinajstić information content (AvgIpc) is 2.58. The lowest BCUT2D eigenvalue weighted by atomic mass is 10.2. The molecule has 0 bridgehead atoms. The number of H-pyrrole nitrogens is 1. The van der Waals surface area contributed by atoms with Crippen molar-refractivity contribution in [2.24, 2.45) is 0 Å². The van der Waals surface area contributed by atoms with Gasteiger partial charge in [-0.15, -0.1) is 0 Å². The molecule has 0 amide bonds. The van der Waals surface area contributed by atoms with Gasteiger partial charge in [0.25, 0.3) is 5.82 Å². The number of rotatable bonds is 5. The molecule has 2 heterocycles. The quantitative estimate of drug-likeness (QED) is 0.635. The number of aromatic amines is 1. The summed E-state index contributed by atoms with van der Waals surface area (Å²) in [6.07, 6.45) is -2.44. The molecule has 0 unspecified atom stereocenters. The summed E-state index contributed by atoms with van der Waals surface area (Å²) in [5, 5.41) is 3.90. The van der Waals surface area contributed by atoms with Gasteiger partial charge in [0, 0.05) is 26.3 Å². The summed E-state index contributed by atoms with van der Waals surface area (Å²) in [6, 6.07) is 2.57. The van der Waals surface area contributed by atoms with Crippen molar-refractivity contribution in [1.82, 2.24) is 10.2 Å². The van der Waals surface area contributed by atoms with Gasteiger partial charge >= 0.3 is 6.18 Å². The van der Waals surface area contributed by atoms with E-state index in [1.807, 2.05) is 4.90 Å². The number of pyridine rings is 1. The van der Waals surface area contributed by atoms with Crippen molar-refractivity contribution in [2.45, 2.75) is 12.6 Å². The van der Waals surface area contributed by atoms with E-state index >= 15 is 0 Å². The first-order chi connectivity index (χ1) is 11.4. The Morgan fingerprint density at radius 1 is 1.29 bits per heavy atom. The lowest BCUT2D eigenvalue weighted by Gasteiger charge is -2.32. The minimum Gasteiger partial charge on any atom is -0.385 e. The number of aromatic nitrogens is 1. The maximum atomic E-state index is 12.6. The third-order valence-electron chi connectivity index (χ3n) is 3.83. The second-order valence-electron chi connectivity index (χ2n) is 5.51. The number of nitrogens with one attached hydrogen (secondary N) is 2. The normalized spacial score (nSPS) is 15.5. The highest BCUT2D eigenvalue weighted by Gasteiger charge is 2.32. The molecular weight excluding hydrogens is 341 g/mol. The molecule has 24 heavy (non-hydrogen) atoms. The molecule has 1 aromatic rings. The number of hydrogen-bond acceptors (Lipinski definition) is 3. The van der Waals surface area contributed by atoms with Crippen molar-refractivity contribution in [2.75, 3.05) is 51.3 Å². The molecule has 2 N–H and O–H groups in total. The zero-order valence-corrected chi connectivity index (χ0v) is 14.3. The number of alkyl halides is 3. The van der Waals surface area contributed by atoms with Gasteiger partial charge in [0.05, 0.1) is 18.7 Å². The molecule has 1 aliphatic rings. The fourth-order valence-electron chi connectivity index (χ4n) is 2.46. The van der Waals surface area contributed by atoms with Crippen LogP contribution in [0.15, 0.2) is 18.3 Å². The molecule has 2 rings (SSSR count). The fraction of sp³-hybridized carbons (Fsp3) is 0.600. The van der Waals surface area contributed by atoms with E-state index in [1.54, 1.807) is 7.11 Å². The molecule has 134 valence electrons. The summed E-state index contributed by atoms with van der Waals surface area (Å²) in [4.78, 5) is 6.82. The van der Waals surface area contributed by atoms with Crippen molar-refractivity contribution >= 4 is 23.1 Å². The smallest absolute Gasteiger partial charge is 0.385 e.